The molecule has 0 fully saturated rings. The molecule has 2 nitrogen and oxygen atoms in total. The first-order chi connectivity index (χ1) is 8.13. The molecule has 90 valence electrons. The Morgan fingerprint density at radius 2 is 2.00 bits per heavy atom. The molecule has 2 aromatic rings. The molecule has 1 aromatic heterocycles. The van der Waals surface area contributed by atoms with Gasteiger partial charge in [-0.1, -0.05) is 23.2 Å². The van der Waals surface area contributed by atoms with Crippen molar-refractivity contribution >= 4 is 39.1 Å². The minimum atomic E-state index is -0.0608. The van der Waals surface area contributed by atoms with Crippen LogP contribution in [-0.4, -0.2) is 7.05 Å². The first kappa shape index (κ1) is 13.0. The number of hydrogen-bond donors (Lipinski definition) is 1. The lowest BCUT2D eigenvalue weighted by Crippen LogP contribution is -2.17. The van der Waals surface area contributed by atoms with Gasteiger partial charge in [-0.2, -0.15) is 0 Å². The van der Waals surface area contributed by atoms with Crippen molar-refractivity contribution in [3.63, 3.8) is 0 Å². The van der Waals surface area contributed by atoms with E-state index in [4.69, 9.17) is 27.6 Å². The van der Waals surface area contributed by atoms with Gasteiger partial charge in [-0.25, -0.2) is 0 Å². The number of furan rings is 1. The van der Waals surface area contributed by atoms with Crippen molar-refractivity contribution in [2.45, 2.75) is 6.04 Å². The molecule has 1 atom stereocenters. The van der Waals surface area contributed by atoms with Gasteiger partial charge >= 0.3 is 0 Å². The van der Waals surface area contributed by atoms with Crippen LogP contribution in [0.15, 0.2) is 39.6 Å². The third kappa shape index (κ3) is 2.68. The van der Waals surface area contributed by atoms with Crippen molar-refractivity contribution in [2.75, 3.05) is 7.05 Å². The fourth-order valence-corrected chi connectivity index (χ4v) is 2.60. The Morgan fingerprint density at radius 1 is 1.24 bits per heavy atom. The smallest absolute Gasteiger partial charge is 0.174 e. The predicted octanol–water partition coefficient (Wildman–Crippen LogP) is 4.66. The summed E-state index contributed by atoms with van der Waals surface area (Å²) in [5.41, 5.74) is 1.90. The summed E-state index contributed by atoms with van der Waals surface area (Å²) in [7, 11) is 1.86. The van der Waals surface area contributed by atoms with Crippen LogP contribution >= 0.6 is 39.1 Å². The molecule has 0 aliphatic rings. The van der Waals surface area contributed by atoms with Crippen LogP contribution in [-0.2, 0) is 0 Å². The van der Waals surface area contributed by atoms with E-state index in [1.165, 1.54) is 0 Å². The van der Waals surface area contributed by atoms with Gasteiger partial charge in [0.25, 0.3) is 0 Å². The summed E-state index contributed by atoms with van der Waals surface area (Å²) in [6.45, 7) is 0. The van der Waals surface area contributed by atoms with E-state index in [0.717, 1.165) is 11.1 Å². The molecule has 0 saturated heterocycles. The van der Waals surface area contributed by atoms with Crippen molar-refractivity contribution in [1.29, 1.82) is 0 Å². The molecular formula is C12H10BrCl2NO. The van der Waals surface area contributed by atoms with E-state index in [2.05, 4.69) is 21.2 Å². The molecule has 5 heteroatoms. The van der Waals surface area contributed by atoms with E-state index in [9.17, 15) is 0 Å². The molecule has 0 aliphatic heterocycles. The van der Waals surface area contributed by atoms with Gasteiger partial charge in [-0.3, -0.25) is 0 Å². The monoisotopic (exact) mass is 333 g/mol. The van der Waals surface area contributed by atoms with Gasteiger partial charge in [0, 0.05) is 15.6 Å². The van der Waals surface area contributed by atoms with Crippen LogP contribution in [0, 0.1) is 0 Å². The van der Waals surface area contributed by atoms with Gasteiger partial charge < -0.3 is 9.73 Å². The predicted molar refractivity (Wildman–Crippen MR) is 73.8 cm³/mol. The highest BCUT2D eigenvalue weighted by Crippen LogP contribution is 2.34. The van der Waals surface area contributed by atoms with Gasteiger partial charge in [0.15, 0.2) is 4.67 Å². The summed E-state index contributed by atoms with van der Waals surface area (Å²) in [6, 6.07) is 7.24. The zero-order chi connectivity index (χ0) is 12.4. The van der Waals surface area contributed by atoms with Gasteiger partial charge in [0.05, 0.1) is 12.3 Å². The van der Waals surface area contributed by atoms with E-state index in [-0.39, 0.29) is 6.04 Å². The highest BCUT2D eigenvalue weighted by molar-refractivity contribution is 9.10. The largest absolute Gasteiger partial charge is 0.457 e. The van der Waals surface area contributed by atoms with Crippen molar-refractivity contribution < 1.29 is 4.42 Å². The van der Waals surface area contributed by atoms with E-state index in [1.54, 1.807) is 18.4 Å². The molecule has 0 bridgehead atoms. The molecule has 1 heterocycles. The van der Waals surface area contributed by atoms with E-state index >= 15 is 0 Å². The topological polar surface area (TPSA) is 25.2 Å². The zero-order valence-electron chi connectivity index (χ0n) is 9.01. The molecule has 2 rings (SSSR count). The molecule has 0 spiro atoms. The maximum Gasteiger partial charge on any atom is 0.174 e. The number of benzene rings is 1. The summed E-state index contributed by atoms with van der Waals surface area (Å²) in [5, 5.41) is 4.52. The van der Waals surface area contributed by atoms with Gasteiger partial charge in [-0.15, -0.1) is 0 Å². The minimum absolute atomic E-state index is 0.0608. The summed E-state index contributed by atoms with van der Waals surface area (Å²) in [6.07, 6.45) is 1.63. The van der Waals surface area contributed by atoms with Crippen molar-refractivity contribution in [2.24, 2.45) is 0 Å². The fraction of sp³-hybridized carbons (Fsp3) is 0.167. The van der Waals surface area contributed by atoms with E-state index < -0.39 is 0 Å². The van der Waals surface area contributed by atoms with Crippen LogP contribution in [0.3, 0.4) is 0 Å². The Morgan fingerprint density at radius 3 is 2.59 bits per heavy atom. The van der Waals surface area contributed by atoms with Crippen LogP contribution in [0.1, 0.15) is 17.2 Å². The lowest BCUT2D eigenvalue weighted by molar-refractivity contribution is 0.530. The molecule has 0 radical (unpaired) electrons. The van der Waals surface area contributed by atoms with E-state index in [1.807, 2.05) is 19.2 Å². The average molecular weight is 335 g/mol. The van der Waals surface area contributed by atoms with Gasteiger partial charge in [0.1, 0.15) is 0 Å². The fourth-order valence-electron chi connectivity index (χ4n) is 1.72. The highest BCUT2D eigenvalue weighted by Gasteiger charge is 2.19. The van der Waals surface area contributed by atoms with E-state index in [0.29, 0.717) is 14.7 Å². The minimum Gasteiger partial charge on any atom is -0.457 e. The second kappa shape index (κ2) is 5.44. The maximum atomic E-state index is 6.19. The lowest BCUT2D eigenvalue weighted by Gasteiger charge is -2.17. The molecule has 1 N–H and O–H groups in total. The number of halogens is 3. The van der Waals surface area contributed by atoms with Crippen LogP contribution in [0.25, 0.3) is 0 Å². The Bertz CT molecular complexity index is 527. The second-order valence-electron chi connectivity index (χ2n) is 3.54. The Labute approximate surface area is 118 Å². The van der Waals surface area contributed by atoms with Crippen molar-refractivity contribution in [1.82, 2.24) is 5.32 Å². The normalized spacial score (nSPS) is 12.7. The molecule has 17 heavy (non-hydrogen) atoms. The molecule has 0 saturated carbocycles. The lowest BCUT2D eigenvalue weighted by atomic mass is 10.0. The van der Waals surface area contributed by atoms with Crippen LogP contribution in [0.2, 0.25) is 10.0 Å². The number of nitrogens with one attached hydrogen (secondary N) is 1. The molecule has 0 amide bonds. The Hall–Kier alpha value is -0.480. The van der Waals surface area contributed by atoms with Crippen molar-refractivity contribution in [3.05, 3.63) is 56.4 Å². The van der Waals surface area contributed by atoms with Crippen molar-refractivity contribution in [3.8, 4) is 0 Å². The van der Waals surface area contributed by atoms with Crippen LogP contribution in [0.4, 0.5) is 0 Å². The summed E-state index contributed by atoms with van der Waals surface area (Å²) in [5.74, 6) is 0. The van der Waals surface area contributed by atoms with Gasteiger partial charge in [-0.05, 0) is 52.8 Å². The summed E-state index contributed by atoms with van der Waals surface area (Å²) < 4.78 is 5.93. The van der Waals surface area contributed by atoms with Crippen LogP contribution < -0.4 is 5.32 Å². The summed E-state index contributed by atoms with van der Waals surface area (Å²) >= 11 is 15.6. The second-order valence-corrected chi connectivity index (χ2v) is 5.10. The number of rotatable bonds is 3. The molecule has 1 unspecified atom stereocenters. The average Bonchev–Trinajstić information content (AvgIpc) is 2.71. The molecular weight excluding hydrogens is 325 g/mol. The van der Waals surface area contributed by atoms with Crippen LogP contribution in [0.5, 0.6) is 0 Å². The quantitative estimate of drug-likeness (QED) is 0.883. The molecule has 1 aromatic carbocycles. The maximum absolute atomic E-state index is 6.19. The third-order valence-corrected chi connectivity index (χ3v) is 3.74. The highest BCUT2D eigenvalue weighted by atomic mass is 79.9. The Balaban J connectivity index is 2.49. The number of hydrogen-bond acceptors (Lipinski definition) is 2. The third-order valence-electron chi connectivity index (χ3n) is 2.51. The summed E-state index contributed by atoms with van der Waals surface area (Å²) in [4.78, 5) is 0. The standard InChI is InChI=1S/C12H10BrCl2NO/c1-16-11(8-4-5-17-12(8)13)9-6-7(14)2-3-10(9)15/h2-6,11,16H,1H3. The zero-order valence-corrected chi connectivity index (χ0v) is 12.1. The first-order valence-electron chi connectivity index (χ1n) is 4.98. The SMILES string of the molecule is CNC(c1cc(Cl)ccc1Cl)c1ccoc1Br. The Kier molecular flexibility index (Phi) is 4.15. The first-order valence-corrected chi connectivity index (χ1v) is 6.53. The van der Waals surface area contributed by atoms with Gasteiger partial charge in [0.2, 0.25) is 0 Å². The molecule has 0 aliphatic carbocycles.